The smallest absolute Gasteiger partial charge is 0.260 e. The molecule has 3 aromatic rings. The summed E-state index contributed by atoms with van der Waals surface area (Å²) in [6.45, 7) is 2.45. The largest absolute Gasteiger partial charge is 0.493 e. The van der Waals surface area contributed by atoms with E-state index in [4.69, 9.17) is 4.74 Å². The number of aryl methyl sites for hydroxylation is 2. The molecule has 0 saturated carbocycles. The van der Waals surface area contributed by atoms with Gasteiger partial charge in [0, 0.05) is 10.4 Å². The van der Waals surface area contributed by atoms with Crippen molar-refractivity contribution in [3.8, 4) is 11.8 Å². The number of aromatic amines is 1. The summed E-state index contributed by atoms with van der Waals surface area (Å²) in [4.78, 5) is 22.1. The summed E-state index contributed by atoms with van der Waals surface area (Å²) in [6.07, 6.45) is 5.91. The van der Waals surface area contributed by atoms with Crippen LogP contribution in [0.5, 0.6) is 5.75 Å². The fourth-order valence-electron chi connectivity index (χ4n) is 3.49. The quantitative estimate of drug-likeness (QED) is 0.687. The number of aromatic nitrogens is 2. The van der Waals surface area contributed by atoms with Gasteiger partial charge in [-0.3, -0.25) is 4.79 Å². The number of nitrogens with zero attached hydrogens (tertiary/aromatic N) is 2. The van der Waals surface area contributed by atoms with E-state index in [9.17, 15) is 10.1 Å². The molecule has 1 aromatic carbocycles. The number of nitriles is 1. The molecule has 2 aromatic heterocycles. The van der Waals surface area contributed by atoms with Gasteiger partial charge in [0.1, 0.15) is 16.6 Å². The zero-order valence-electron chi connectivity index (χ0n) is 15.0. The first-order chi connectivity index (χ1) is 13.2. The normalized spacial score (nSPS) is 14.0. The minimum Gasteiger partial charge on any atom is -0.493 e. The number of para-hydroxylation sites is 1. The van der Waals surface area contributed by atoms with Crippen LogP contribution in [0.25, 0.3) is 21.9 Å². The molecule has 27 heavy (non-hydrogen) atoms. The second-order valence-electron chi connectivity index (χ2n) is 6.45. The van der Waals surface area contributed by atoms with Gasteiger partial charge in [0.05, 0.1) is 17.6 Å². The number of ether oxygens (including phenoxy) is 1. The molecule has 0 unspecified atom stereocenters. The van der Waals surface area contributed by atoms with Crippen molar-refractivity contribution in [2.75, 3.05) is 6.61 Å². The van der Waals surface area contributed by atoms with E-state index in [1.165, 1.54) is 4.88 Å². The van der Waals surface area contributed by atoms with Gasteiger partial charge in [0.25, 0.3) is 5.56 Å². The highest BCUT2D eigenvalue weighted by Gasteiger charge is 2.20. The maximum Gasteiger partial charge on any atom is 0.260 e. The Balaban J connectivity index is 1.83. The average molecular weight is 377 g/mol. The molecule has 1 aliphatic rings. The number of H-pyrrole nitrogens is 1. The third-order valence-electron chi connectivity index (χ3n) is 4.72. The van der Waals surface area contributed by atoms with Gasteiger partial charge in [0.15, 0.2) is 5.82 Å². The Morgan fingerprint density at radius 3 is 3.00 bits per heavy atom. The summed E-state index contributed by atoms with van der Waals surface area (Å²) in [7, 11) is 0. The third kappa shape index (κ3) is 3.26. The van der Waals surface area contributed by atoms with Crippen LogP contribution < -0.4 is 10.3 Å². The SMILES string of the molecule is CCOc1ccccc1C=C(C#N)c1nc2sc3c(c2c(=O)[nH]1)CCCC3. The topological polar surface area (TPSA) is 78.8 Å². The van der Waals surface area contributed by atoms with Gasteiger partial charge in [-0.05, 0) is 50.3 Å². The van der Waals surface area contributed by atoms with Crippen molar-refractivity contribution in [1.82, 2.24) is 9.97 Å². The Bertz CT molecular complexity index is 1130. The van der Waals surface area contributed by atoms with Crippen LogP contribution in [-0.4, -0.2) is 16.6 Å². The highest BCUT2D eigenvalue weighted by atomic mass is 32.1. The number of thiophene rings is 1. The van der Waals surface area contributed by atoms with Gasteiger partial charge >= 0.3 is 0 Å². The fourth-order valence-corrected chi connectivity index (χ4v) is 4.75. The lowest BCUT2D eigenvalue weighted by Gasteiger charge is -2.09. The Morgan fingerprint density at radius 1 is 1.37 bits per heavy atom. The van der Waals surface area contributed by atoms with Gasteiger partial charge in [-0.2, -0.15) is 5.26 Å². The standard InChI is InChI=1S/C21H19N3O2S/c1-2-26-16-9-5-3-7-13(16)11-14(12-22)19-23-20(25)18-15-8-4-6-10-17(15)27-21(18)24-19/h3,5,7,9,11H,2,4,6,8,10H2,1H3,(H,23,24,25). The van der Waals surface area contributed by atoms with E-state index in [-0.39, 0.29) is 5.56 Å². The lowest BCUT2D eigenvalue weighted by atomic mass is 9.97. The van der Waals surface area contributed by atoms with Crippen LogP contribution in [0.2, 0.25) is 0 Å². The molecule has 2 heterocycles. The second kappa shape index (κ2) is 7.37. The average Bonchev–Trinajstić information content (AvgIpc) is 3.06. The van der Waals surface area contributed by atoms with Gasteiger partial charge in [0.2, 0.25) is 0 Å². The number of benzene rings is 1. The minimum atomic E-state index is -0.159. The molecule has 136 valence electrons. The molecule has 5 nitrogen and oxygen atoms in total. The molecule has 0 amide bonds. The molecule has 0 radical (unpaired) electrons. The Labute approximate surface area is 161 Å². The van der Waals surface area contributed by atoms with Gasteiger partial charge in [-0.25, -0.2) is 4.98 Å². The van der Waals surface area contributed by atoms with Crippen LogP contribution in [-0.2, 0) is 12.8 Å². The highest BCUT2D eigenvalue weighted by molar-refractivity contribution is 7.18. The van der Waals surface area contributed by atoms with E-state index in [0.29, 0.717) is 29.1 Å². The van der Waals surface area contributed by atoms with Crippen molar-refractivity contribution >= 4 is 33.2 Å². The lowest BCUT2D eigenvalue weighted by Crippen LogP contribution is -2.12. The maximum atomic E-state index is 12.7. The highest BCUT2D eigenvalue weighted by Crippen LogP contribution is 2.34. The summed E-state index contributed by atoms with van der Waals surface area (Å²) in [5, 5.41) is 10.4. The Hall–Kier alpha value is -2.91. The van der Waals surface area contributed by atoms with Crippen molar-refractivity contribution in [2.24, 2.45) is 0 Å². The van der Waals surface area contributed by atoms with Gasteiger partial charge < -0.3 is 9.72 Å². The molecule has 0 fully saturated rings. The van der Waals surface area contributed by atoms with E-state index in [1.807, 2.05) is 31.2 Å². The van der Waals surface area contributed by atoms with Crippen LogP contribution in [0.3, 0.4) is 0 Å². The first-order valence-electron chi connectivity index (χ1n) is 9.09. The van der Waals surface area contributed by atoms with E-state index < -0.39 is 0 Å². The molecular formula is C21H19N3O2S. The van der Waals surface area contributed by atoms with E-state index in [0.717, 1.165) is 41.6 Å². The van der Waals surface area contributed by atoms with Crippen LogP contribution >= 0.6 is 11.3 Å². The molecule has 1 aliphatic carbocycles. The molecule has 0 bridgehead atoms. The first-order valence-corrected chi connectivity index (χ1v) is 9.91. The zero-order chi connectivity index (χ0) is 18.8. The predicted molar refractivity (Wildman–Crippen MR) is 108 cm³/mol. The van der Waals surface area contributed by atoms with E-state index in [2.05, 4.69) is 16.0 Å². The van der Waals surface area contributed by atoms with E-state index in [1.54, 1.807) is 17.4 Å². The summed E-state index contributed by atoms with van der Waals surface area (Å²) in [5.41, 5.74) is 2.08. The molecule has 0 aliphatic heterocycles. The van der Waals surface area contributed by atoms with Crippen LogP contribution in [0.4, 0.5) is 0 Å². The Kier molecular flexibility index (Phi) is 4.78. The molecule has 4 rings (SSSR count). The van der Waals surface area contributed by atoms with Crippen molar-refractivity contribution in [1.29, 1.82) is 5.26 Å². The fraction of sp³-hybridized carbons (Fsp3) is 0.286. The van der Waals surface area contributed by atoms with Crippen molar-refractivity contribution in [2.45, 2.75) is 32.6 Å². The minimum absolute atomic E-state index is 0.159. The molecule has 6 heteroatoms. The first kappa shape index (κ1) is 17.5. The predicted octanol–water partition coefficient (Wildman–Crippen LogP) is 4.33. The number of hydrogen-bond donors (Lipinski definition) is 1. The van der Waals surface area contributed by atoms with Crippen LogP contribution in [0.15, 0.2) is 29.1 Å². The number of hydrogen-bond acceptors (Lipinski definition) is 5. The number of fused-ring (bicyclic) bond motifs is 3. The monoisotopic (exact) mass is 377 g/mol. The number of nitrogens with one attached hydrogen (secondary N) is 1. The summed E-state index contributed by atoms with van der Waals surface area (Å²) >= 11 is 1.58. The van der Waals surface area contributed by atoms with Crippen molar-refractivity contribution in [3.05, 3.63) is 56.4 Å². The lowest BCUT2D eigenvalue weighted by molar-refractivity contribution is 0.339. The van der Waals surface area contributed by atoms with Crippen LogP contribution in [0.1, 0.15) is 41.6 Å². The Morgan fingerprint density at radius 2 is 2.19 bits per heavy atom. The zero-order valence-corrected chi connectivity index (χ0v) is 15.9. The van der Waals surface area contributed by atoms with Crippen molar-refractivity contribution in [3.63, 3.8) is 0 Å². The van der Waals surface area contributed by atoms with Crippen LogP contribution in [0, 0.1) is 11.3 Å². The van der Waals surface area contributed by atoms with Gasteiger partial charge in [-0.15, -0.1) is 11.3 Å². The van der Waals surface area contributed by atoms with Crippen molar-refractivity contribution < 1.29 is 4.74 Å². The summed E-state index contributed by atoms with van der Waals surface area (Å²) < 4.78 is 5.62. The number of rotatable bonds is 4. The summed E-state index contributed by atoms with van der Waals surface area (Å²) in [5.74, 6) is 1.00. The molecular weight excluding hydrogens is 358 g/mol. The maximum absolute atomic E-state index is 12.7. The molecule has 0 spiro atoms. The second-order valence-corrected chi connectivity index (χ2v) is 7.53. The molecule has 0 atom stereocenters. The molecule has 1 N–H and O–H groups in total. The third-order valence-corrected chi connectivity index (χ3v) is 5.91. The summed E-state index contributed by atoms with van der Waals surface area (Å²) in [6, 6.07) is 9.67. The van der Waals surface area contributed by atoms with Gasteiger partial charge in [-0.1, -0.05) is 18.2 Å². The number of allylic oxidation sites excluding steroid dienone is 1. The molecule has 0 saturated heterocycles. The van der Waals surface area contributed by atoms with E-state index >= 15 is 0 Å².